The molecule has 1 atom stereocenters. The van der Waals surface area contributed by atoms with E-state index in [4.69, 9.17) is 5.73 Å². The Morgan fingerprint density at radius 2 is 2.56 bits per heavy atom. The standard InChI is InChI=1S/C6H12N2O/c1-5(9)8-3-2-6(8)4-7/h6H,2-4,7H2,1H3. The number of amides is 1. The van der Waals surface area contributed by atoms with E-state index in [1.165, 1.54) is 0 Å². The molecule has 0 bridgehead atoms. The zero-order valence-corrected chi connectivity index (χ0v) is 5.63. The summed E-state index contributed by atoms with van der Waals surface area (Å²) in [5.74, 6) is 0.150. The molecule has 1 fully saturated rings. The van der Waals surface area contributed by atoms with Crippen LogP contribution in [0.15, 0.2) is 0 Å². The van der Waals surface area contributed by atoms with Gasteiger partial charge in [0.2, 0.25) is 5.91 Å². The fourth-order valence-corrected chi connectivity index (χ4v) is 1.10. The lowest BCUT2D eigenvalue weighted by Gasteiger charge is -2.39. The van der Waals surface area contributed by atoms with Gasteiger partial charge in [0.15, 0.2) is 0 Å². The Balaban J connectivity index is 2.35. The highest BCUT2D eigenvalue weighted by atomic mass is 16.2. The molecule has 52 valence electrons. The van der Waals surface area contributed by atoms with E-state index in [0.717, 1.165) is 13.0 Å². The smallest absolute Gasteiger partial charge is 0.219 e. The SMILES string of the molecule is CC(=O)N1CCC1CN. The molecule has 3 nitrogen and oxygen atoms in total. The van der Waals surface area contributed by atoms with Crippen LogP contribution in [0.25, 0.3) is 0 Å². The van der Waals surface area contributed by atoms with Crippen LogP contribution in [0, 0.1) is 0 Å². The molecule has 0 aliphatic carbocycles. The highest BCUT2D eigenvalue weighted by Crippen LogP contribution is 2.14. The van der Waals surface area contributed by atoms with Gasteiger partial charge in [-0.25, -0.2) is 0 Å². The molecule has 0 aromatic carbocycles. The van der Waals surface area contributed by atoms with Crippen LogP contribution in [0.1, 0.15) is 13.3 Å². The van der Waals surface area contributed by atoms with Crippen molar-refractivity contribution in [3.8, 4) is 0 Å². The van der Waals surface area contributed by atoms with Gasteiger partial charge in [0, 0.05) is 26.1 Å². The van der Waals surface area contributed by atoms with E-state index in [2.05, 4.69) is 0 Å². The molecular formula is C6H12N2O. The van der Waals surface area contributed by atoms with Crippen LogP contribution >= 0.6 is 0 Å². The second-order valence-corrected chi connectivity index (χ2v) is 2.39. The molecule has 0 aromatic heterocycles. The van der Waals surface area contributed by atoms with E-state index in [1.807, 2.05) is 0 Å². The Bertz CT molecular complexity index is 122. The Kier molecular flexibility index (Phi) is 1.71. The maximum absolute atomic E-state index is 10.7. The summed E-state index contributed by atoms with van der Waals surface area (Å²) in [6, 6.07) is 0.336. The van der Waals surface area contributed by atoms with Crippen LogP contribution in [-0.2, 0) is 4.79 Å². The lowest BCUT2D eigenvalue weighted by atomic mass is 10.0. The van der Waals surface area contributed by atoms with E-state index in [1.54, 1.807) is 11.8 Å². The second kappa shape index (κ2) is 2.35. The molecular weight excluding hydrogens is 116 g/mol. The topological polar surface area (TPSA) is 46.3 Å². The predicted octanol–water partition coefficient (Wildman–Crippen LogP) is -0.434. The monoisotopic (exact) mass is 128 g/mol. The average Bonchev–Trinajstić information content (AvgIpc) is 1.61. The van der Waals surface area contributed by atoms with Gasteiger partial charge >= 0.3 is 0 Å². The molecule has 1 amide bonds. The third-order valence-electron chi connectivity index (χ3n) is 1.82. The second-order valence-electron chi connectivity index (χ2n) is 2.39. The summed E-state index contributed by atoms with van der Waals surface area (Å²) in [5, 5.41) is 0. The normalized spacial score (nSPS) is 25.6. The summed E-state index contributed by atoms with van der Waals surface area (Å²) in [6.45, 7) is 3.10. The van der Waals surface area contributed by atoms with Crippen LogP contribution in [0.3, 0.4) is 0 Å². The third kappa shape index (κ3) is 1.05. The minimum Gasteiger partial charge on any atom is -0.339 e. The lowest BCUT2D eigenvalue weighted by molar-refractivity contribution is -0.135. The Labute approximate surface area is 54.8 Å². The summed E-state index contributed by atoms with van der Waals surface area (Å²) in [6.07, 6.45) is 1.08. The van der Waals surface area contributed by atoms with Gasteiger partial charge in [0.05, 0.1) is 0 Å². The number of nitrogens with zero attached hydrogens (tertiary/aromatic N) is 1. The molecule has 1 heterocycles. The summed E-state index contributed by atoms with van der Waals surface area (Å²) in [5.41, 5.74) is 5.37. The first-order valence-corrected chi connectivity index (χ1v) is 3.23. The van der Waals surface area contributed by atoms with Crippen molar-refractivity contribution in [3.63, 3.8) is 0 Å². The summed E-state index contributed by atoms with van der Waals surface area (Å²) < 4.78 is 0. The summed E-state index contributed by atoms with van der Waals surface area (Å²) in [4.78, 5) is 12.5. The fourth-order valence-electron chi connectivity index (χ4n) is 1.10. The molecule has 1 rings (SSSR count). The highest BCUT2D eigenvalue weighted by molar-refractivity contribution is 5.74. The zero-order valence-electron chi connectivity index (χ0n) is 5.63. The quantitative estimate of drug-likeness (QED) is 0.520. The Morgan fingerprint density at radius 3 is 2.67 bits per heavy atom. The summed E-state index contributed by atoms with van der Waals surface area (Å²) in [7, 11) is 0. The van der Waals surface area contributed by atoms with Crippen molar-refractivity contribution in [1.82, 2.24) is 4.90 Å². The van der Waals surface area contributed by atoms with Crippen molar-refractivity contribution in [1.29, 1.82) is 0 Å². The van der Waals surface area contributed by atoms with Crippen molar-refractivity contribution in [2.45, 2.75) is 19.4 Å². The Hall–Kier alpha value is -0.570. The van der Waals surface area contributed by atoms with Crippen LogP contribution < -0.4 is 5.73 Å². The third-order valence-corrected chi connectivity index (χ3v) is 1.82. The van der Waals surface area contributed by atoms with E-state index in [0.29, 0.717) is 12.6 Å². The highest BCUT2D eigenvalue weighted by Gasteiger charge is 2.27. The minimum absolute atomic E-state index is 0.150. The van der Waals surface area contributed by atoms with Gasteiger partial charge in [0.25, 0.3) is 0 Å². The molecule has 1 aliphatic heterocycles. The maximum Gasteiger partial charge on any atom is 0.219 e. The number of rotatable bonds is 1. The van der Waals surface area contributed by atoms with Crippen LogP contribution in [0.2, 0.25) is 0 Å². The van der Waals surface area contributed by atoms with Gasteiger partial charge in [-0.2, -0.15) is 0 Å². The Morgan fingerprint density at radius 1 is 1.89 bits per heavy atom. The van der Waals surface area contributed by atoms with Gasteiger partial charge < -0.3 is 10.6 Å². The molecule has 1 saturated heterocycles. The van der Waals surface area contributed by atoms with Gasteiger partial charge in [-0.1, -0.05) is 0 Å². The van der Waals surface area contributed by atoms with Crippen molar-refractivity contribution in [2.24, 2.45) is 5.73 Å². The molecule has 9 heavy (non-hydrogen) atoms. The van der Waals surface area contributed by atoms with Gasteiger partial charge in [-0.3, -0.25) is 4.79 Å². The van der Waals surface area contributed by atoms with Gasteiger partial charge in [0.1, 0.15) is 0 Å². The number of hydrogen-bond acceptors (Lipinski definition) is 2. The van der Waals surface area contributed by atoms with Crippen LogP contribution in [0.4, 0.5) is 0 Å². The van der Waals surface area contributed by atoms with Crippen LogP contribution in [-0.4, -0.2) is 29.9 Å². The first-order valence-electron chi connectivity index (χ1n) is 3.23. The number of nitrogens with two attached hydrogens (primary N) is 1. The van der Waals surface area contributed by atoms with E-state index in [9.17, 15) is 4.79 Å². The van der Waals surface area contributed by atoms with Crippen LogP contribution in [0.5, 0.6) is 0 Å². The zero-order chi connectivity index (χ0) is 6.85. The molecule has 3 heteroatoms. The predicted molar refractivity (Wildman–Crippen MR) is 34.8 cm³/mol. The molecule has 1 unspecified atom stereocenters. The fraction of sp³-hybridized carbons (Fsp3) is 0.833. The molecule has 2 N–H and O–H groups in total. The molecule has 0 radical (unpaired) electrons. The van der Waals surface area contributed by atoms with Gasteiger partial charge in [-0.05, 0) is 6.42 Å². The maximum atomic E-state index is 10.7. The molecule has 0 saturated carbocycles. The van der Waals surface area contributed by atoms with Crippen molar-refractivity contribution < 1.29 is 4.79 Å². The van der Waals surface area contributed by atoms with Crippen molar-refractivity contribution >= 4 is 5.91 Å². The lowest BCUT2D eigenvalue weighted by Crippen LogP contribution is -2.53. The van der Waals surface area contributed by atoms with E-state index >= 15 is 0 Å². The number of carbonyl (C=O) groups is 1. The first-order chi connectivity index (χ1) is 4.25. The summed E-state index contributed by atoms with van der Waals surface area (Å²) >= 11 is 0. The molecule has 0 spiro atoms. The van der Waals surface area contributed by atoms with E-state index in [-0.39, 0.29) is 5.91 Å². The number of likely N-dealkylation sites (tertiary alicyclic amines) is 1. The van der Waals surface area contributed by atoms with Crippen molar-refractivity contribution in [3.05, 3.63) is 0 Å². The number of carbonyl (C=O) groups excluding carboxylic acids is 1. The minimum atomic E-state index is 0.150. The molecule has 1 aliphatic rings. The van der Waals surface area contributed by atoms with Crippen molar-refractivity contribution in [2.75, 3.05) is 13.1 Å². The molecule has 0 aromatic rings. The van der Waals surface area contributed by atoms with Gasteiger partial charge in [-0.15, -0.1) is 0 Å². The average molecular weight is 128 g/mol. The largest absolute Gasteiger partial charge is 0.339 e. The first kappa shape index (κ1) is 6.55. The van der Waals surface area contributed by atoms with E-state index < -0.39 is 0 Å². The number of hydrogen-bond donors (Lipinski definition) is 1.